The molecule has 1 unspecified atom stereocenters. The number of carbonyl (C=O) groups excluding carboxylic acids is 2. The zero-order valence-corrected chi connectivity index (χ0v) is 15.7. The Morgan fingerprint density at radius 3 is 2.36 bits per heavy atom. The molecule has 0 saturated carbocycles. The molecule has 0 aromatic heterocycles. The van der Waals surface area contributed by atoms with E-state index in [2.05, 4.69) is 0 Å². The maximum absolute atomic E-state index is 13.0. The molecule has 6 heteroatoms. The van der Waals surface area contributed by atoms with Crippen LogP contribution in [0.5, 0.6) is 0 Å². The first-order chi connectivity index (χ1) is 13.6. The van der Waals surface area contributed by atoms with E-state index in [1.165, 1.54) is 4.90 Å². The number of piperidine rings is 1. The second-order valence-corrected chi connectivity index (χ2v) is 7.62. The molecule has 2 aliphatic heterocycles. The predicted molar refractivity (Wildman–Crippen MR) is 105 cm³/mol. The van der Waals surface area contributed by atoms with Crippen molar-refractivity contribution in [2.24, 2.45) is 5.92 Å². The number of amides is 2. The third kappa shape index (κ3) is 3.35. The first-order valence-electron chi connectivity index (χ1n) is 9.86. The second-order valence-electron chi connectivity index (χ2n) is 7.62. The Bertz CT molecular complexity index is 912. The monoisotopic (exact) mass is 380 g/mol. The van der Waals surface area contributed by atoms with E-state index in [0.29, 0.717) is 44.5 Å². The Morgan fingerprint density at radius 1 is 0.893 bits per heavy atom. The van der Waals surface area contributed by atoms with Crippen LogP contribution in [0.1, 0.15) is 36.0 Å². The minimum absolute atomic E-state index is 0.00714. The van der Waals surface area contributed by atoms with Gasteiger partial charge in [0.2, 0.25) is 5.91 Å². The normalized spacial score (nSPS) is 20.5. The molecule has 2 aromatic rings. The number of carboxylic acid groups (broad SMARTS) is 1. The molecule has 0 bridgehead atoms. The van der Waals surface area contributed by atoms with Gasteiger partial charge in [-0.1, -0.05) is 36.4 Å². The van der Waals surface area contributed by atoms with E-state index >= 15 is 0 Å². The summed E-state index contributed by atoms with van der Waals surface area (Å²) in [6.45, 7) is 1.55. The van der Waals surface area contributed by atoms with Gasteiger partial charge in [0.05, 0.1) is 0 Å². The van der Waals surface area contributed by atoms with Crippen molar-refractivity contribution in [2.45, 2.75) is 31.7 Å². The number of hydrogen-bond acceptors (Lipinski definition) is 3. The van der Waals surface area contributed by atoms with E-state index in [4.69, 9.17) is 0 Å². The summed E-state index contributed by atoms with van der Waals surface area (Å²) in [6.07, 6.45) is 2.43. The summed E-state index contributed by atoms with van der Waals surface area (Å²) in [5, 5.41) is 11.3. The Hall–Kier alpha value is -2.89. The molecule has 0 spiro atoms. The highest BCUT2D eigenvalue weighted by Gasteiger charge is 2.38. The van der Waals surface area contributed by atoms with Crippen LogP contribution in [0, 0.1) is 5.92 Å². The first kappa shape index (κ1) is 18.5. The fourth-order valence-electron chi connectivity index (χ4n) is 4.43. The van der Waals surface area contributed by atoms with Crippen molar-refractivity contribution in [2.75, 3.05) is 19.6 Å². The van der Waals surface area contributed by atoms with Gasteiger partial charge in [0, 0.05) is 31.1 Å². The lowest BCUT2D eigenvalue weighted by atomic mass is 9.94. The van der Waals surface area contributed by atoms with Crippen molar-refractivity contribution in [3.63, 3.8) is 0 Å². The van der Waals surface area contributed by atoms with Gasteiger partial charge < -0.3 is 14.9 Å². The minimum Gasteiger partial charge on any atom is -0.480 e. The number of fused-ring (bicyclic) bond motifs is 1. The summed E-state index contributed by atoms with van der Waals surface area (Å²) >= 11 is 0. The summed E-state index contributed by atoms with van der Waals surface area (Å²) in [6, 6.07) is 12.9. The maximum Gasteiger partial charge on any atom is 0.326 e. The summed E-state index contributed by atoms with van der Waals surface area (Å²) < 4.78 is 0. The van der Waals surface area contributed by atoms with Crippen LogP contribution in [-0.4, -0.2) is 58.4 Å². The lowest BCUT2D eigenvalue weighted by Crippen LogP contribution is -2.47. The number of benzene rings is 2. The molecule has 2 aromatic carbocycles. The fourth-order valence-corrected chi connectivity index (χ4v) is 4.43. The van der Waals surface area contributed by atoms with E-state index < -0.39 is 12.0 Å². The molecular formula is C22H24N2O4. The topological polar surface area (TPSA) is 77.9 Å². The average molecular weight is 380 g/mol. The Kier molecular flexibility index (Phi) is 5.03. The summed E-state index contributed by atoms with van der Waals surface area (Å²) in [4.78, 5) is 40.5. The number of carboxylic acids is 1. The highest BCUT2D eigenvalue weighted by atomic mass is 16.4. The lowest BCUT2D eigenvalue weighted by Gasteiger charge is -2.34. The summed E-state index contributed by atoms with van der Waals surface area (Å²) in [5.74, 6) is -1.19. The third-order valence-electron chi connectivity index (χ3n) is 5.97. The van der Waals surface area contributed by atoms with E-state index in [0.717, 1.165) is 17.2 Å². The number of likely N-dealkylation sites (tertiary alicyclic amines) is 2. The van der Waals surface area contributed by atoms with Crippen LogP contribution in [0.25, 0.3) is 10.8 Å². The lowest BCUT2D eigenvalue weighted by molar-refractivity contribution is -0.150. The fraction of sp³-hybridized carbons (Fsp3) is 0.409. The predicted octanol–water partition coefficient (Wildman–Crippen LogP) is 2.77. The summed E-state index contributed by atoms with van der Waals surface area (Å²) in [7, 11) is 0. The van der Waals surface area contributed by atoms with Crippen LogP contribution in [0.15, 0.2) is 42.5 Å². The molecule has 2 fully saturated rings. The Balaban J connectivity index is 1.43. The SMILES string of the molecule is O=C(O)C1CCCN1C(=O)C1CCN(C(=O)c2cccc3ccccc23)CC1. The van der Waals surface area contributed by atoms with Crippen molar-refractivity contribution in [1.29, 1.82) is 0 Å². The number of aliphatic carboxylic acids is 1. The molecule has 1 N–H and O–H groups in total. The molecule has 4 rings (SSSR count). The molecule has 0 radical (unpaired) electrons. The Labute approximate surface area is 163 Å². The van der Waals surface area contributed by atoms with Gasteiger partial charge in [-0.05, 0) is 42.5 Å². The third-order valence-corrected chi connectivity index (χ3v) is 5.97. The van der Waals surface area contributed by atoms with Gasteiger partial charge in [-0.15, -0.1) is 0 Å². The molecular weight excluding hydrogens is 356 g/mol. The molecule has 0 aliphatic carbocycles. The Morgan fingerprint density at radius 2 is 1.61 bits per heavy atom. The van der Waals surface area contributed by atoms with Gasteiger partial charge in [-0.2, -0.15) is 0 Å². The number of nitrogens with zero attached hydrogens (tertiary/aromatic N) is 2. The molecule has 2 heterocycles. The summed E-state index contributed by atoms with van der Waals surface area (Å²) in [5.41, 5.74) is 0.688. The van der Waals surface area contributed by atoms with Crippen LogP contribution in [0.3, 0.4) is 0 Å². The zero-order valence-electron chi connectivity index (χ0n) is 15.7. The van der Waals surface area contributed by atoms with Crippen LogP contribution < -0.4 is 0 Å². The second kappa shape index (κ2) is 7.62. The van der Waals surface area contributed by atoms with Crippen LogP contribution in [0.2, 0.25) is 0 Å². The zero-order chi connectivity index (χ0) is 19.7. The van der Waals surface area contributed by atoms with Crippen molar-refractivity contribution >= 4 is 28.6 Å². The standard InChI is InChI=1S/C22H24N2O4/c25-20(24-12-4-9-19(24)22(27)28)16-10-13-23(14-11-16)21(26)18-8-3-6-15-5-1-2-7-17(15)18/h1-3,5-8,16,19H,4,9-14H2,(H,27,28). The van der Waals surface area contributed by atoms with Crippen LogP contribution in [-0.2, 0) is 9.59 Å². The van der Waals surface area contributed by atoms with Crippen molar-refractivity contribution < 1.29 is 19.5 Å². The quantitative estimate of drug-likeness (QED) is 0.888. The molecule has 2 saturated heterocycles. The first-order valence-corrected chi connectivity index (χ1v) is 9.86. The number of rotatable bonds is 3. The van der Waals surface area contributed by atoms with Gasteiger partial charge in [-0.3, -0.25) is 9.59 Å². The smallest absolute Gasteiger partial charge is 0.326 e. The highest BCUT2D eigenvalue weighted by molar-refractivity contribution is 6.07. The largest absolute Gasteiger partial charge is 0.480 e. The minimum atomic E-state index is -0.922. The van der Waals surface area contributed by atoms with Crippen molar-refractivity contribution in [3.05, 3.63) is 48.0 Å². The number of carbonyl (C=O) groups is 3. The van der Waals surface area contributed by atoms with Gasteiger partial charge in [0.25, 0.3) is 5.91 Å². The van der Waals surface area contributed by atoms with E-state index in [1.54, 1.807) is 0 Å². The van der Waals surface area contributed by atoms with Crippen LogP contribution >= 0.6 is 0 Å². The molecule has 28 heavy (non-hydrogen) atoms. The van der Waals surface area contributed by atoms with Crippen LogP contribution in [0.4, 0.5) is 0 Å². The molecule has 6 nitrogen and oxygen atoms in total. The van der Waals surface area contributed by atoms with E-state index in [9.17, 15) is 19.5 Å². The average Bonchev–Trinajstić information content (AvgIpc) is 3.23. The number of hydrogen-bond donors (Lipinski definition) is 1. The van der Waals surface area contributed by atoms with Gasteiger partial charge in [0.1, 0.15) is 6.04 Å². The maximum atomic E-state index is 13.0. The van der Waals surface area contributed by atoms with Crippen molar-refractivity contribution in [1.82, 2.24) is 9.80 Å². The van der Waals surface area contributed by atoms with Crippen molar-refractivity contribution in [3.8, 4) is 0 Å². The molecule has 2 aliphatic rings. The highest BCUT2D eigenvalue weighted by Crippen LogP contribution is 2.27. The molecule has 1 atom stereocenters. The van der Waals surface area contributed by atoms with Gasteiger partial charge in [0.15, 0.2) is 0 Å². The van der Waals surface area contributed by atoms with Gasteiger partial charge >= 0.3 is 5.97 Å². The molecule has 146 valence electrons. The molecule has 2 amide bonds. The van der Waals surface area contributed by atoms with E-state index in [1.807, 2.05) is 47.4 Å². The van der Waals surface area contributed by atoms with E-state index in [-0.39, 0.29) is 17.7 Å². The van der Waals surface area contributed by atoms with Gasteiger partial charge in [-0.25, -0.2) is 4.79 Å².